The first-order chi connectivity index (χ1) is 12.2. The predicted molar refractivity (Wildman–Crippen MR) is 94.5 cm³/mol. The number of methoxy groups -OCH3 is 1. The van der Waals surface area contributed by atoms with E-state index in [0.717, 1.165) is 30.4 Å². The van der Waals surface area contributed by atoms with Gasteiger partial charge in [0.05, 0.1) is 13.7 Å². The van der Waals surface area contributed by atoms with Gasteiger partial charge in [-0.25, -0.2) is 4.39 Å². The van der Waals surface area contributed by atoms with Gasteiger partial charge >= 0.3 is 0 Å². The van der Waals surface area contributed by atoms with E-state index in [1.165, 1.54) is 11.6 Å². The van der Waals surface area contributed by atoms with Crippen LogP contribution in [0, 0.1) is 5.82 Å². The maximum absolute atomic E-state index is 13.4. The molecular weight excluding hydrogens is 321 g/mol. The van der Waals surface area contributed by atoms with E-state index in [4.69, 9.17) is 14.6 Å². The van der Waals surface area contributed by atoms with Crippen molar-refractivity contribution in [2.45, 2.75) is 31.8 Å². The van der Waals surface area contributed by atoms with Gasteiger partial charge in [0.2, 0.25) is 0 Å². The van der Waals surface area contributed by atoms with Gasteiger partial charge in [-0.1, -0.05) is 12.1 Å². The van der Waals surface area contributed by atoms with Crippen molar-refractivity contribution in [2.24, 2.45) is 0 Å². The van der Waals surface area contributed by atoms with Gasteiger partial charge in [0.15, 0.2) is 11.5 Å². The van der Waals surface area contributed by atoms with E-state index in [-0.39, 0.29) is 25.1 Å². The summed E-state index contributed by atoms with van der Waals surface area (Å²) in [4.78, 5) is 0. The second-order valence-corrected chi connectivity index (χ2v) is 6.23. The highest BCUT2D eigenvalue weighted by atomic mass is 19.1. The molecule has 3 rings (SSSR count). The molecule has 0 aromatic heterocycles. The largest absolute Gasteiger partial charge is 0.493 e. The number of aryl methyl sites for hydroxylation is 1. The Morgan fingerprint density at radius 3 is 2.88 bits per heavy atom. The zero-order valence-electron chi connectivity index (χ0n) is 14.4. The summed E-state index contributed by atoms with van der Waals surface area (Å²) in [7, 11) is 1.60. The average Bonchev–Trinajstić information content (AvgIpc) is 2.64. The van der Waals surface area contributed by atoms with E-state index in [9.17, 15) is 4.39 Å². The van der Waals surface area contributed by atoms with Gasteiger partial charge in [-0.3, -0.25) is 0 Å². The molecule has 0 fully saturated rings. The first-order valence-electron chi connectivity index (χ1n) is 8.63. The highest BCUT2D eigenvalue weighted by molar-refractivity contribution is 5.43. The van der Waals surface area contributed by atoms with Crippen LogP contribution in [-0.2, 0) is 13.0 Å². The molecule has 0 saturated carbocycles. The Bertz CT molecular complexity index is 720. The first-order valence-corrected chi connectivity index (χ1v) is 8.63. The van der Waals surface area contributed by atoms with Crippen LogP contribution < -0.4 is 14.8 Å². The minimum absolute atomic E-state index is 0.0336. The molecule has 4 nitrogen and oxygen atoms in total. The summed E-state index contributed by atoms with van der Waals surface area (Å²) < 4.78 is 24.2. The first kappa shape index (κ1) is 17.7. The molecule has 25 heavy (non-hydrogen) atoms. The van der Waals surface area contributed by atoms with Crippen molar-refractivity contribution in [1.29, 1.82) is 0 Å². The van der Waals surface area contributed by atoms with Gasteiger partial charge in [0.25, 0.3) is 0 Å². The zero-order chi connectivity index (χ0) is 17.6. The van der Waals surface area contributed by atoms with E-state index >= 15 is 0 Å². The van der Waals surface area contributed by atoms with Crippen LogP contribution in [0.2, 0.25) is 0 Å². The van der Waals surface area contributed by atoms with Crippen LogP contribution in [0.1, 0.15) is 35.6 Å². The summed E-state index contributed by atoms with van der Waals surface area (Å²) in [6.07, 6.45) is 3.05. The molecule has 0 amide bonds. The number of ether oxygens (including phenoxy) is 2. The molecule has 0 aliphatic heterocycles. The van der Waals surface area contributed by atoms with Crippen molar-refractivity contribution in [3.63, 3.8) is 0 Å². The molecule has 0 heterocycles. The lowest BCUT2D eigenvalue weighted by Gasteiger charge is -2.26. The SMILES string of the molecule is COc1cc(CNC2CCCc3cc(F)ccc32)ccc1OCCO. The topological polar surface area (TPSA) is 50.7 Å². The number of rotatable bonds is 7. The molecule has 2 aromatic rings. The third kappa shape index (κ3) is 4.30. The summed E-state index contributed by atoms with van der Waals surface area (Å²) in [6, 6.07) is 11.1. The highest BCUT2D eigenvalue weighted by Crippen LogP contribution is 2.31. The molecule has 2 N–H and O–H groups in total. The maximum atomic E-state index is 13.4. The summed E-state index contributed by atoms with van der Waals surface area (Å²) in [6.45, 7) is 0.898. The van der Waals surface area contributed by atoms with Crippen molar-refractivity contribution < 1.29 is 19.0 Å². The van der Waals surface area contributed by atoms with Crippen LogP contribution in [0.5, 0.6) is 11.5 Å². The quantitative estimate of drug-likeness (QED) is 0.808. The van der Waals surface area contributed by atoms with Crippen molar-refractivity contribution in [3.8, 4) is 11.5 Å². The summed E-state index contributed by atoms with van der Waals surface area (Å²) in [5.41, 5.74) is 3.39. The summed E-state index contributed by atoms with van der Waals surface area (Å²) in [5.74, 6) is 1.11. The average molecular weight is 345 g/mol. The summed E-state index contributed by atoms with van der Waals surface area (Å²) in [5, 5.41) is 12.4. The Balaban J connectivity index is 1.68. The van der Waals surface area contributed by atoms with Crippen molar-refractivity contribution in [2.75, 3.05) is 20.3 Å². The lowest BCUT2D eigenvalue weighted by molar-refractivity contribution is 0.196. The number of hydrogen-bond acceptors (Lipinski definition) is 4. The van der Waals surface area contributed by atoms with Crippen LogP contribution in [0.3, 0.4) is 0 Å². The predicted octanol–water partition coefficient (Wildman–Crippen LogP) is 3.37. The molecule has 0 spiro atoms. The van der Waals surface area contributed by atoms with Crippen molar-refractivity contribution >= 4 is 0 Å². The minimum atomic E-state index is -0.164. The van der Waals surface area contributed by atoms with Crippen LogP contribution in [0.4, 0.5) is 4.39 Å². The molecule has 1 unspecified atom stereocenters. The van der Waals surface area contributed by atoms with Crippen molar-refractivity contribution in [3.05, 3.63) is 58.9 Å². The van der Waals surface area contributed by atoms with Gasteiger partial charge in [-0.15, -0.1) is 0 Å². The number of hydrogen-bond donors (Lipinski definition) is 2. The molecule has 134 valence electrons. The Morgan fingerprint density at radius 1 is 1.20 bits per heavy atom. The molecule has 5 heteroatoms. The normalized spacial score (nSPS) is 16.4. The Hall–Kier alpha value is -2.11. The number of fused-ring (bicyclic) bond motifs is 1. The molecular formula is C20H24FNO3. The maximum Gasteiger partial charge on any atom is 0.161 e. The molecule has 1 aliphatic carbocycles. The van der Waals surface area contributed by atoms with Gasteiger partial charge in [0, 0.05) is 12.6 Å². The van der Waals surface area contributed by atoms with Gasteiger partial charge in [-0.2, -0.15) is 0 Å². The standard InChI is InChI=1S/C20H24FNO3/c1-24-20-11-14(5-8-19(20)25-10-9-23)13-22-18-4-2-3-15-12-16(21)6-7-17(15)18/h5-8,11-12,18,22-23H,2-4,9-10,13H2,1H3. The number of aliphatic hydroxyl groups excluding tert-OH is 1. The molecule has 1 aliphatic rings. The van der Waals surface area contributed by atoms with E-state index < -0.39 is 0 Å². The Morgan fingerprint density at radius 2 is 2.08 bits per heavy atom. The smallest absolute Gasteiger partial charge is 0.161 e. The van der Waals surface area contributed by atoms with Crippen LogP contribution in [0.25, 0.3) is 0 Å². The lowest BCUT2D eigenvalue weighted by Crippen LogP contribution is -2.25. The number of nitrogens with one attached hydrogen (secondary N) is 1. The monoisotopic (exact) mass is 345 g/mol. The van der Waals surface area contributed by atoms with Gasteiger partial charge in [-0.05, 0) is 60.2 Å². The summed E-state index contributed by atoms with van der Waals surface area (Å²) >= 11 is 0. The number of benzene rings is 2. The van der Waals surface area contributed by atoms with Crippen LogP contribution in [-0.4, -0.2) is 25.4 Å². The van der Waals surface area contributed by atoms with Gasteiger partial charge in [0.1, 0.15) is 12.4 Å². The van der Waals surface area contributed by atoms with E-state index in [1.54, 1.807) is 13.2 Å². The molecule has 0 bridgehead atoms. The van der Waals surface area contributed by atoms with Crippen molar-refractivity contribution in [1.82, 2.24) is 5.32 Å². The minimum Gasteiger partial charge on any atom is -0.493 e. The van der Waals surface area contributed by atoms with E-state index in [0.29, 0.717) is 18.0 Å². The van der Waals surface area contributed by atoms with Crippen LogP contribution in [0.15, 0.2) is 36.4 Å². The number of halogens is 1. The second-order valence-electron chi connectivity index (χ2n) is 6.23. The van der Waals surface area contributed by atoms with Gasteiger partial charge < -0.3 is 19.9 Å². The third-order valence-corrected chi connectivity index (χ3v) is 4.55. The zero-order valence-corrected chi connectivity index (χ0v) is 14.4. The fourth-order valence-corrected chi connectivity index (χ4v) is 3.33. The molecule has 1 atom stereocenters. The third-order valence-electron chi connectivity index (χ3n) is 4.55. The Labute approximate surface area is 147 Å². The van der Waals surface area contributed by atoms with E-state index in [2.05, 4.69) is 5.32 Å². The lowest BCUT2D eigenvalue weighted by atomic mass is 9.87. The molecule has 0 radical (unpaired) electrons. The second kappa shape index (κ2) is 8.32. The number of aliphatic hydroxyl groups is 1. The fourth-order valence-electron chi connectivity index (χ4n) is 3.33. The Kier molecular flexibility index (Phi) is 5.89. The van der Waals surface area contributed by atoms with Crippen LogP contribution >= 0.6 is 0 Å². The van der Waals surface area contributed by atoms with E-state index in [1.807, 2.05) is 24.3 Å². The molecule has 0 saturated heterocycles. The fraction of sp³-hybridized carbons (Fsp3) is 0.400. The molecule has 2 aromatic carbocycles. The highest BCUT2D eigenvalue weighted by Gasteiger charge is 2.20.